The Balaban J connectivity index is 1.55. The molecule has 0 saturated carbocycles. The van der Waals surface area contributed by atoms with Crippen molar-refractivity contribution in [3.63, 3.8) is 0 Å². The Morgan fingerprint density at radius 2 is 1.29 bits per heavy atom. The van der Waals surface area contributed by atoms with Gasteiger partial charge in [-0.15, -0.1) is 0 Å². The van der Waals surface area contributed by atoms with Crippen LogP contribution in [0, 0.1) is 0 Å². The zero-order chi connectivity index (χ0) is 32.2. The standard InChI is InChI=1S/C36H43N3O6/c1-36(2,3)45-35(43)38-29(23-26-15-7-4-8-16-26)32(40)37-30(24-27-17-9-5-10-18-27)33(41)39-22-14-13-21-31(39)34(42)44-25-28-19-11-6-12-20-28/h4-12,15-20,29-31H,13-14,21-25H2,1-3H3,(H,37,40)(H,38,43)/t29-,30-,31+/m0/s1. The minimum absolute atomic E-state index is 0.111. The zero-order valence-electron chi connectivity index (χ0n) is 26.2. The van der Waals surface area contributed by atoms with Crippen molar-refractivity contribution in [3.05, 3.63) is 108 Å². The van der Waals surface area contributed by atoms with E-state index >= 15 is 0 Å². The predicted molar refractivity (Wildman–Crippen MR) is 171 cm³/mol. The van der Waals surface area contributed by atoms with Crippen molar-refractivity contribution in [2.45, 2.75) is 83.2 Å². The second-order valence-electron chi connectivity index (χ2n) is 12.3. The highest BCUT2D eigenvalue weighted by Gasteiger charge is 2.38. The van der Waals surface area contributed by atoms with Crippen LogP contribution in [-0.2, 0) is 43.3 Å². The number of ether oxygens (including phenoxy) is 2. The summed E-state index contributed by atoms with van der Waals surface area (Å²) < 4.78 is 11.1. The maximum absolute atomic E-state index is 14.2. The van der Waals surface area contributed by atoms with Crippen LogP contribution >= 0.6 is 0 Å². The van der Waals surface area contributed by atoms with Crippen LogP contribution in [-0.4, -0.2) is 59.0 Å². The summed E-state index contributed by atoms with van der Waals surface area (Å²) in [6.07, 6.45) is 1.65. The highest BCUT2D eigenvalue weighted by atomic mass is 16.6. The number of carbonyl (C=O) groups excluding carboxylic acids is 4. The first kappa shape index (κ1) is 33.2. The van der Waals surface area contributed by atoms with Crippen molar-refractivity contribution < 1.29 is 28.7 Å². The van der Waals surface area contributed by atoms with Crippen molar-refractivity contribution in [1.29, 1.82) is 0 Å². The van der Waals surface area contributed by atoms with Gasteiger partial charge in [0.25, 0.3) is 0 Å². The fourth-order valence-corrected chi connectivity index (χ4v) is 5.30. The molecule has 1 saturated heterocycles. The van der Waals surface area contributed by atoms with Gasteiger partial charge in [0.15, 0.2) is 0 Å². The van der Waals surface area contributed by atoms with E-state index in [1.54, 1.807) is 20.8 Å². The number of alkyl carbamates (subject to hydrolysis) is 1. The van der Waals surface area contributed by atoms with Crippen LogP contribution in [0.2, 0.25) is 0 Å². The third kappa shape index (κ3) is 10.5. The SMILES string of the molecule is CC(C)(C)OC(=O)N[C@@H](Cc1ccccc1)C(=O)N[C@@H](Cc1ccccc1)C(=O)N1CCCC[C@@H]1C(=O)OCc1ccccc1. The molecular formula is C36H43N3O6. The number of likely N-dealkylation sites (tertiary alicyclic amines) is 1. The molecule has 1 aliphatic rings. The number of benzene rings is 3. The summed E-state index contributed by atoms with van der Waals surface area (Å²) in [5.74, 6) is -1.37. The predicted octanol–water partition coefficient (Wildman–Crippen LogP) is 4.97. The largest absolute Gasteiger partial charge is 0.459 e. The van der Waals surface area contributed by atoms with Crippen molar-refractivity contribution in [3.8, 4) is 0 Å². The summed E-state index contributed by atoms with van der Waals surface area (Å²) >= 11 is 0. The quantitative estimate of drug-likeness (QED) is 0.295. The normalized spacial score (nSPS) is 16.2. The lowest BCUT2D eigenvalue weighted by Crippen LogP contribution is -2.59. The smallest absolute Gasteiger partial charge is 0.408 e. The molecule has 0 aliphatic carbocycles. The van der Waals surface area contributed by atoms with Crippen LogP contribution in [0.1, 0.15) is 56.7 Å². The highest BCUT2D eigenvalue weighted by Crippen LogP contribution is 2.21. The number of hydrogen-bond donors (Lipinski definition) is 2. The second-order valence-corrected chi connectivity index (χ2v) is 12.3. The van der Waals surface area contributed by atoms with Crippen molar-refractivity contribution in [1.82, 2.24) is 15.5 Å². The summed E-state index contributed by atoms with van der Waals surface area (Å²) in [5, 5.41) is 5.61. The summed E-state index contributed by atoms with van der Waals surface area (Å²) in [4.78, 5) is 55.7. The van der Waals surface area contributed by atoms with E-state index in [0.29, 0.717) is 13.0 Å². The minimum atomic E-state index is -1.01. The number of rotatable bonds is 11. The highest BCUT2D eigenvalue weighted by molar-refractivity contribution is 5.93. The van der Waals surface area contributed by atoms with Gasteiger partial charge in [-0.25, -0.2) is 9.59 Å². The first-order chi connectivity index (χ1) is 21.6. The average Bonchev–Trinajstić information content (AvgIpc) is 3.03. The lowest BCUT2D eigenvalue weighted by atomic mass is 9.98. The molecule has 3 aromatic carbocycles. The van der Waals surface area contributed by atoms with Crippen molar-refractivity contribution >= 4 is 23.9 Å². The van der Waals surface area contributed by atoms with Crippen LogP contribution in [0.5, 0.6) is 0 Å². The van der Waals surface area contributed by atoms with Gasteiger partial charge in [0, 0.05) is 19.4 Å². The molecule has 0 bridgehead atoms. The summed E-state index contributed by atoms with van der Waals surface area (Å²) in [5.41, 5.74) is 1.77. The molecule has 3 atom stereocenters. The van der Waals surface area contributed by atoms with Gasteiger partial charge >= 0.3 is 12.1 Å². The maximum Gasteiger partial charge on any atom is 0.408 e. The Hall–Kier alpha value is -4.66. The Morgan fingerprint density at radius 3 is 1.84 bits per heavy atom. The Morgan fingerprint density at radius 1 is 0.756 bits per heavy atom. The van der Waals surface area contributed by atoms with Crippen LogP contribution in [0.25, 0.3) is 0 Å². The molecule has 0 unspecified atom stereocenters. The van der Waals surface area contributed by atoms with Gasteiger partial charge < -0.3 is 25.0 Å². The maximum atomic E-state index is 14.2. The molecule has 2 N–H and O–H groups in total. The van der Waals surface area contributed by atoms with E-state index in [1.165, 1.54) is 4.90 Å². The van der Waals surface area contributed by atoms with Gasteiger partial charge in [-0.1, -0.05) is 91.0 Å². The van der Waals surface area contributed by atoms with E-state index in [0.717, 1.165) is 29.5 Å². The fraction of sp³-hybridized carbons (Fsp3) is 0.389. The summed E-state index contributed by atoms with van der Waals surface area (Å²) in [7, 11) is 0. The third-order valence-electron chi connectivity index (χ3n) is 7.47. The van der Waals surface area contributed by atoms with Crippen LogP contribution < -0.4 is 10.6 Å². The van der Waals surface area contributed by atoms with Gasteiger partial charge in [0.2, 0.25) is 11.8 Å². The molecule has 0 radical (unpaired) electrons. The molecule has 9 nitrogen and oxygen atoms in total. The molecule has 0 aromatic heterocycles. The monoisotopic (exact) mass is 613 g/mol. The van der Waals surface area contributed by atoms with Gasteiger partial charge in [-0.05, 0) is 56.7 Å². The molecule has 45 heavy (non-hydrogen) atoms. The molecule has 3 amide bonds. The average molecular weight is 614 g/mol. The summed E-state index contributed by atoms with van der Waals surface area (Å²) in [6.45, 7) is 5.71. The fourth-order valence-electron chi connectivity index (χ4n) is 5.30. The Bertz CT molecular complexity index is 1410. The van der Waals surface area contributed by atoms with E-state index in [-0.39, 0.29) is 25.4 Å². The molecule has 1 fully saturated rings. The van der Waals surface area contributed by atoms with Crippen molar-refractivity contribution in [2.24, 2.45) is 0 Å². The molecule has 1 aliphatic heterocycles. The number of esters is 1. The molecule has 238 valence electrons. The van der Waals surface area contributed by atoms with E-state index in [9.17, 15) is 19.2 Å². The van der Waals surface area contributed by atoms with E-state index < -0.39 is 41.7 Å². The van der Waals surface area contributed by atoms with E-state index in [1.807, 2.05) is 91.0 Å². The van der Waals surface area contributed by atoms with E-state index in [2.05, 4.69) is 10.6 Å². The topological polar surface area (TPSA) is 114 Å². The third-order valence-corrected chi connectivity index (χ3v) is 7.47. The van der Waals surface area contributed by atoms with Gasteiger partial charge in [0.05, 0.1) is 0 Å². The minimum Gasteiger partial charge on any atom is -0.459 e. The lowest BCUT2D eigenvalue weighted by molar-refractivity contribution is -0.159. The molecular weight excluding hydrogens is 570 g/mol. The van der Waals surface area contributed by atoms with Crippen molar-refractivity contribution in [2.75, 3.05) is 6.54 Å². The van der Waals surface area contributed by atoms with Gasteiger partial charge in [-0.2, -0.15) is 0 Å². The summed E-state index contributed by atoms with van der Waals surface area (Å²) in [6, 6.07) is 25.3. The van der Waals surface area contributed by atoms with Crippen LogP contribution in [0.4, 0.5) is 4.79 Å². The van der Waals surface area contributed by atoms with E-state index in [4.69, 9.17) is 9.47 Å². The molecule has 0 spiro atoms. The molecule has 1 heterocycles. The molecule has 3 aromatic rings. The van der Waals surface area contributed by atoms with Crippen LogP contribution in [0.15, 0.2) is 91.0 Å². The second kappa shape index (κ2) is 15.9. The first-order valence-corrected chi connectivity index (χ1v) is 15.5. The Kier molecular flexibility index (Phi) is 11.7. The molecule has 4 rings (SSSR count). The van der Waals surface area contributed by atoms with Gasteiger partial charge in [0.1, 0.15) is 30.3 Å². The zero-order valence-corrected chi connectivity index (χ0v) is 26.2. The molecule has 9 heteroatoms. The van der Waals surface area contributed by atoms with Gasteiger partial charge in [-0.3, -0.25) is 9.59 Å². The number of nitrogens with zero attached hydrogens (tertiary/aromatic N) is 1. The number of nitrogens with one attached hydrogen (secondary N) is 2. The number of piperidine rings is 1. The Labute approximate surface area is 265 Å². The number of amides is 3. The van der Waals surface area contributed by atoms with Crippen LogP contribution in [0.3, 0.4) is 0 Å². The lowest BCUT2D eigenvalue weighted by Gasteiger charge is -2.37. The number of carbonyl (C=O) groups is 4. The first-order valence-electron chi connectivity index (χ1n) is 15.5. The number of hydrogen-bond acceptors (Lipinski definition) is 6.